The number of hydrogen-bond acceptors (Lipinski definition) is 5. The van der Waals surface area contributed by atoms with Crippen molar-refractivity contribution in [1.82, 2.24) is 0 Å². The largest absolute Gasteiger partial charge is 0.618 e. The third kappa shape index (κ3) is 2.71. The highest BCUT2D eigenvalue weighted by molar-refractivity contribution is 6.13. The number of nitrogen functional groups attached to an aromatic ring is 1. The quantitative estimate of drug-likeness (QED) is 0.435. The summed E-state index contributed by atoms with van der Waals surface area (Å²) in [5.41, 5.74) is 5.83. The number of benzene rings is 2. The van der Waals surface area contributed by atoms with Gasteiger partial charge in [-0.15, -0.1) is 0 Å². The molecule has 0 amide bonds. The summed E-state index contributed by atoms with van der Waals surface area (Å²) in [4.78, 5) is 12.7. The maximum absolute atomic E-state index is 14.0. The fourth-order valence-corrected chi connectivity index (χ4v) is 2.95. The first-order valence-electron chi connectivity index (χ1n) is 7.87. The predicted molar refractivity (Wildman–Crippen MR) is 91.2 cm³/mol. The summed E-state index contributed by atoms with van der Waals surface area (Å²) in [6.45, 7) is -0.00940. The Morgan fingerprint density at radius 2 is 1.93 bits per heavy atom. The number of aromatic nitrogens is 1. The van der Waals surface area contributed by atoms with E-state index in [1.165, 1.54) is 6.07 Å². The summed E-state index contributed by atoms with van der Waals surface area (Å²) in [5, 5.41) is 12.4. The Labute approximate surface area is 152 Å². The molecule has 0 unspecified atom stereocenters. The van der Waals surface area contributed by atoms with Gasteiger partial charge in [0.2, 0.25) is 6.79 Å². The SMILES string of the molecule is Nc1c(C(=O)c2ccc(F)cc2F)cc[n+]([O-])c1-c1cccc2c1OCO2. The molecule has 0 atom stereocenters. The monoisotopic (exact) mass is 370 g/mol. The lowest BCUT2D eigenvalue weighted by molar-refractivity contribution is -0.593. The molecule has 0 aliphatic carbocycles. The molecule has 1 aromatic heterocycles. The fourth-order valence-electron chi connectivity index (χ4n) is 2.95. The number of nitrogens with two attached hydrogens (primary N) is 1. The van der Waals surface area contributed by atoms with Crippen LogP contribution in [0.2, 0.25) is 0 Å². The zero-order chi connectivity index (χ0) is 19.1. The minimum Gasteiger partial charge on any atom is -0.618 e. The number of hydrogen-bond donors (Lipinski definition) is 1. The topological polar surface area (TPSA) is 88.5 Å². The zero-order valence-electron chi connectivity index (χ0n) is 13.7. The Balaban J connectivity index is 1.87. The number of ether oxygens (including phenoxy) is 2. The molecule has 0 fully saturated rings. The molecule has 1 aliphatic heterocycles. The van der Waals surface area contributed by atoms with Gasteiger partial charge in [-0.05, 0) is 24.3 Å². The molecular formula is C19H12F2N2O4. The normalized spacial score (nSPS) is 12.2. The van der Waals surface area contributed by atoms with Crippen molar-refractivity contribution in [2.24, 2.45) is 0 Å². The van der Waals surface area contributed by atoms with Gasteiger partial charge in [0, 0.05) is 12.1 Å². The third-order valence-corrected chi connectivity index (χ3v) is 4.21. The van der Waals surface area contributed by atoms with Gasteiger partial charge >= 0.3 is 0 Å². The van der Waals surface area contributed by atoms with Gasteiger partial charge in [0.15, 0.2) is 23.5 Å². The Kier molecular flexibility index (Phi) is 3.88. The van der Waals surface area contributed by atoms with Gasteiger partial charge in [-0.1, -0.05) is 6.07 Å². The van der Waals surface area contributed by atoms with E-state index in [4.69, 9.17) is 15.2 Å². The molecule has 0 spiro atoms. The van der Waals surface area contributed by atoms with Crippen LogP contribution < -0.4 is 19.9 Å². The molecule has 1 aliphatic rings. The van der Waals surface area contributed by atoms with Crippen LogP contribution in [0.25, 0.3) is 11.3 Å². The Bertz CT molecular complexity index is 1090. The number of ketones is 1. The average molecular weight is 370 g/mol. The van der Waals surface area contributed by atoms with Gasteiger partial charge in [0.25, 0.3) is 5.69 Å². The van der Waals surface area contributed by atoms with E-state index in [1.54, 1.807) is 18.2 Å². The van der Waals surface area contributed by atoms with Crippen LogP contribution in [0.15, 0.2) is 48.7 Å². The summed E-state index contributed by atoms with van der Waals surface area (Å²) >= 11 is 0. The third-order valence-electron chi connectivity index (χ3n) is 4.21. The number of carbonyl (C=O) groups is 1. The molecule has 4 rings (SSSR count). The van der Waals surface area contributed by atoms with E-state index < -0.39 is 17.4 Å². The number of anilines is 1. The maximum Gasteiger partial charge on any atom is 0.251 e. The van der Waals surface area contributed by atoms with Gasteiger partial charge in [-0.2, -0.15) is 4.73 Å². The molecule has 3 aromatic rings. The van der Waals surface area contributed by atoms with Crippen molar-refractivity contribution in [2.45, 2.75) is 0 Å². The van der Waals surface area contributed by atoms with Crippen molar-refractivity contribution in [2.75, 3.05) is 12.5 Å². The highest BCUT2D eigenvalue weighted by Crippen LogP contribution is 2.42. The summed E-state index contributed by atoms with van der Waals surface area (Å²) < 4.78 is 38.3. The molecule has 0 radical (unpaired) electrons. The van der Waals surface area contributed by atoms with Gasteiger partial charge in [-0.25, -0.2) is 8.78 Å². The van der Waals surface area contributed by atoms with Crippen molar-refractivity contribution in [3.63, 3.8) is 0 Å². The van der Waals surface area contributed by atoms with Crippen LogP contribution in [0.1, 0.15) is 15.9 Å². The van der Waals surface area contributed by atoms with Crippen LogP contribution in [-0.2, 0) is 0 Å². The number of nitrogens with zero attached hydrogens (tertiary/aromatic N) is 1. The Morgan fingerprint density at radius 3 is 2.70 bits per heavy atom. The number of pyridine rings is 1. The van der Waals surface area contributed by atoms with Crippen molar-refractivity contribution in [3.05, 3.63) is 76.6 Å². The van der Waals surface area contributed by atoms with E-state index in [2.05, 4.69) is 0 Å². The lowest BCUT2D eigenvalue weighted by atomic mass is 9.98. The molecular weight excluding hydrogens is 358 g/mol. The molecule has 2 aromatic carbocycles. The molecule has 2 N–H and O–H groups in total. The lowest BCUT2D eigenvalue weighted by Gasteiger charge is -2.12. The zero-order valence-corrected chi connectivity index (χ0v) is 13.7. The van der Waals surface area contributed by atoms with Gasteiger partial charge in [0.1, 0.15) is 17.3 Å². The second-order valence-corrected chi connectivity index (χ2v) is 5.81. The number of halogens is 2. The van der Waals surface area contributed by atoms with E-state index in [0.29, 0.717) is 27.9 Å². The van der Waals surface area contributed by atoms with E-state index in [0.717, 1.165) is 18.3 Å². The first kappa shape index (κ1) is 16.8. The van der Waals surface area contributed by atoms with Crippen LogP contribution in [-0.4, -0.2) is 12.6 Å². The predicted octanol–water partition coefficient (Wildman–Crippen LogP) is 2.81. The van der Waals surface area contributed by atoms with Crippen LogP contribution in [0, 0.1) is 16.8 Å². The van der Waals surface area contributed by atoms with Gasteiger partial charge in [-0.3, -0.25) is 4.79 Å². The molecule has 6 nitrogen and oxygen atoms in total. The maximum atomic E-state index is 14.0. The minimum absolute atomic E-state index is 0.00940. The van der Waals surface area contributed by atoms with Crippen LogP contribution in [0.5, 0.6) is 11.5 Å². The van der Waals surface area contributed by atoms with Crippen molar-refractivity contribution in [3.8, 4) is 22.8 Å². The second kappa shape index (κ2) is 6.24. The summed E-state index contributed by atoms with van der Waals surface area (Å²) in [6.07, 6.45) is 1.09. The summed E-state index contributed by atoms with van der Waals surface area (Å²) in [5.74, 6) is -1.83. The molecule has 8 heteroatoms. The van der Waals surface area contributed by atoms with Gasteiger partial charge in [0.05, 0.1) is 16.7 Å². The first-order valence-corrected chi connectivity index (χ1v) is 7.87. The van der Waals surface area contributed by atoms with Crippen molar-refractivity contribution >= 4 is 11.5 Å². The van der Waals surface area contributed by atoms with Crippen LogP contribution in [0.4, 0.5) is 14.5 Å². The van der Waals surface area contributed by atoms with E-state index >= 15 is 0 Å². The average Bonchev–Trinajstić information content (AvgIpc) is 3.11. The molecule has 0 saturated carbocycles. The minimum atomic E-state index is -1.02. The standard InChI is InChI=1S/C19H12F2N2O4/c20-10-4-5-11(14(21)8-10)18(24)12-6-7-23(25)17(16(12)22)13-2-1-3-15-19(13)27-9-26-15/h1-8H,9,22H2. The van der Waals surface area contributed by atoms with Crippen molar-refractivity contribution < 1.29 is 27.8 Å². The first-order chi connectivity index (χ1) is 13.0. The molecule has 0 saturated heterocycles. The molecule has 27 heavy (non-hydrogen) atoms. The fraction of sp³-hybridized carbons (Fsp3) is 0.0526. The smallest absolute Gasteiger partial charge is 0.251 e. The second-order valence-electron chi connectivity index (χ2n) is 5.81. The highest BCUT2D eigenvalue weighted by Gasteiger charge is 2.28. The Morgan fingerprint density at radius 1 is 1.11 bits per heavy atom. The van der Waals surface area contributed by atoms with E-state index in [-0.39, 0.29) is 29.3 Å². The lowest BCUT2D eigenvalue weighted by Crippen LogP contribution is -2.31. The highest BCUT2D eigenvalue weighted by atomic mass is 19.1. The van der Waals surface area contributed by atoms with Crippen LogP contribution in [0.3, 0.4) is 0 Å². The summed E-state index contributed by atoms with van der Waals surface area (Å²) in [6, 6.07) is 8.71. The number of rotatable bonds is 3. The number of carbonyl (C=O) groups excluding carboxylic acids is 1. The number of para-hydroxylation sites is 1. The summed E-state index contributed by atoms with van der Waals surface area (Å²) in [7, 11) is 0. The Hall–Kier alpha value is -3.68. The number of fused-ring (bicyclic) bond motifs is 1. The van der Waals surface area contributed by atoms with Gasteiger partial charge < -0.3 is 20.4 Å². The van der Waals surface area contributed by atoms with Crippen molar-refractivity contribution in [1.29, 1.82) is 0 Å². The van der Waals surface area contributed by atoms with Crippen LogP contribution >= 0.6 is 0 Å². The van der Waals surface area contributed by atoms with E-state index in [1.807, 2.05) is 0 Å². The molecule has 136 valence electrons. The molecule has 0 bridgehead atoms. The molecule has 2 heterocycles. The van der Waals surface area contributed by atoms with E-state index in [9.17, 15) is 18.8 Å².